The number of nitrogens with zero attached hydrogens (tertiary/aromatic N) is 1. The van der Waals surface area contributed by atoms with E-state index in [1.165, 1.54) is 29.6 Å². The molecule has 0 aliphatic heterocycles. The van der Waals surface area contributed by atoms with Gasteiger partial charge in [-0.2, -0.15) is 4.31 Å². The van der Waals surface area contributed by atoms with Crippen LogP contribution in [0, 0.1) is 0 Å². The van der Waals surface area contributed by atoms with Gasteiger partial charge in [-0.3, -0.25) is 4.79 Å². The van der Waals surface area contributed by atoms with Crippen LogP contribution in [0.4, 0.5) is 5.69 Å². The molecule has 1 aromatic rings. The molecule has 1 amide bonds. The Balaban J connectivity index is 3.14. The van der Waals surface area contributed by atoms with Crippen LogP contribution in [0.25, 0.3) is 0 Å². The fourth-order valence-electron chi connectivity index (χ4n) is 2.10. The SMILES string of the molecule is CCN(CC)S(=O)(=O)c1ccc(OC)c(NC(=O)CCCCl)c1. The molecule has 0 saturated carbocycles. The molecule has 0 aliphatic rings. The van der Waals surface area contributed by atoms with Gasteiger partial charge in [0.15, 0.2) is 0 Å². The van der Waals surface area contributed by atoms with Gasteiger partial charge in [0.25, 0.3) is 0 Å². The molecule has 0 fully saturated rings. The lowest BCUT2D eigenvalue weighted by Crippen LogP contribution is -2.30. The number of benzene rings is 1. The number of hydrogen-bond acceptors (Lipinski definition) is 4. The summed E-state index contributed by atoms with van der Waals surface area (Å²) in [6, 6.07) is 4.43. The summed E-state index contributed by atoms with van der Waals surface area (Å²) >= 11 is 5.57. The lowest BCUT2D eigenvalue weighted by atomic mass is 10.2. The summed E-state index contributed by atoms with van der Waals surface area (Å²) in [5, 5.41) is 2.68. The zero-order valence-electron chi connectivity index (χ0n) is 13.6. The molecule has 130 valence electrons. The van der Waals surface area contributed by atoms with Gasteiger partial charge in [-0.05, 0) is 24.6 Å². The van der Waals surface area contributed by atoms with Crippen LogP contribution in [0.5, 0.6) is 5.75 Å². The van der Waals surface area contributed by atoms with Crippen molar-refractivity contribution in [2.45, 2.75) is 31.6 Å². The van der Waals surface area contributed by atoms with E-state index in [0.29, 0.717) is 36.8 Å². The van der Waals surface area contributed by atoms with E-state index in [9.17, 15) is 13.2 Å². The largest absolute Gasteiger partial charge is 0.495 e. The minimum Gasteiger partial charge on any atom is -0.495 e. The third kappa shape index (κ3) is 5.09. The van der Waals surface area contributed by atoms with E-state index in [-0.39, 0.29) is 17.2 Å². The number of methoxy groups -OCH3 is 1. The summed E-state index contributed by atoms with van der Waals surface area (Å²) in [6.45, 7) is 4.31. The quantitative estimate of drug-likeness (QED) is 0.685. The predicted molar refractivity (Wildman–Crippen MR) is 91.7 cm³/mol. The van der Waals surface area contributed by atoms with Crippen LogP contribution in [-0.4, -0.2) is 44.7 Å². The van der Waals surface area contributed by atoms with Crippen molar-refractivity contribution in [1.82, 2.24) is 4.31 Å². The van der Waals surface area contributed by atoms with Crippen LogP contribution in [0.3, 0.4) is 0 Å². The Morgan fingerprint density at radius 1 is 1.30 bits per heavy atom. The van der Waals surface area contributed by atoms with Gasteiger partial charge in [-0.25, -0.2) is 8.42 Å². The standard InChI is InChI=1S/C15H23ClN2O4S/c1-4-18(5-2)23(20,21)12-8-9-14(22-3)13(11-12)17-15(19)7-6-10-16/h8-9,11H,4-7,10H2,1-3H3,(H,17,19). The highest BCUT2D eigenvalue weighted by atomic mass is 35.5. The highest BCUT2D eigenvalue weighted by Gasteiger charge is 2.23. The zero-order valence-corrected chi connectivity index (χ0v) is 15.2. The van der Waals surface area contributed by atoms with Crippen LogP contribution < -0.4 is 10.1 Å². The van der Waals surface area contributed by atoms with Crippen LogP contribution in [0.15, 0.2) is 23.1 Å². The normalized spacial score (nSPS) is 11.5. The van der Waals surface area contributed by atoms with Gasteiger partial charge in [0.05, 0.1) is 17.7 Å². The number of halogens is 1. The van der Waals surface area contributed by atoms with Gasteiger partial charge >= 0.3 is 0 Å². The van der Waals surface area contributed by atoms with Crippen molar-refractivity contribution in [3.8, 4) is 5.75 Å². The average Bonchev–Trinajstić information content (AvgIpc) is 2.53. The molecule has 0 saturated heterocycles. The molecule has 1 N–H and O–H groups in total. The van der Waals surface area contributed by atoms with Crippen molar-refractivity contribution in [3.63, 3.8) is 0 Å². The first-order valence-electron chi connectivity index (χ1n) is 7.44. The highest BCUT2D eigenvalue weighted by molar-refractivity contribution is 7.89. The lowest BCUT2D eigenvalue weighted by molar-refractivity contribution is -0.116. The van der Waals surface area contributed by atoms with Crippen molar-refractivity contribution in [2.75, 3.05) is 31.4 Å². The minimum atomic E-state index is -3.60. The molecule has 1 aromatic carbocycles. The number of carbonyl (C=O) groups excluding carboxylic acids is 1. The minimum absolute atomic E-state index is 0.120. The number of ether oxygens (including phenoxy) is 1. The van der Waals surface area contributed by atoms with Crippen LogP contribution in [0.2, 0.25) is 0 Å². The second-order valence-electron chi connectivity index (χ2n) is 4.79. The summed E-state index contributed by atoms with van der Waals surface area (Å²) in [4.78, 5) is 12.0. The highest BCUT2D eigenvalue weighted by Crippen LogP contribution is 2.29. The summed E-state index contributed by atoms with van der Waals surface area (Å²) in [7, 11) is -2.14. The smallest absolute Gasteiger partial charge is 0.243 e. The van der Waals surface area contributed by atoms with E-state index in [1.54, 1.807) is 13.8 Å². The predicted octanol–water partition coefficient (Wildman–Crippen LogP) is 2.68. The Hall–Kier alpha value is -1.31. The van der Waals surface area contributed by atoms with Crippen molar-refractivity contribution >= 4 is 33.2 Å². The summed E-state index contributed by atoms with van der Waals surface area (Å²) in [6.07, 6.45) is 0.812. The first kappa shape index (κ1) is 19.7. The van der Waals surface area contributed by atoms with Gasteiger partial charge in [0.1, 0.15) is 5.75 Å². The van der Waals surface area contributed by atoms with E-state index in [1.807, 2.05) is 0 Å². The summed E-state index contributed by atoms with van der Waals surface area (Å²) < 4.78 is 31.7. The number of alkyl halides is 1. The number of nitrogens with one attached hydrogen (secondary N) is 1. The van der Waals surface area contributed by atoms with Crippen molar-refractivity contribution < 1.29 is 17.9 Å². The molecule has 0 spiro atoms. The number of sulfonamides is 1. The lowest BCUT2D eigenvalue weighted by Gasteiger charge is -2.19. The van der Waals surface area contributed by atoms with Crippen LogP contribution in [0.1, 0.15) is 26.7 Å². The van der Waals surface area contributed by atoms with Crippen molar-refractivity contribution in [3.05, 3.63) is 18.2 Å². The maximum atomic E-state index is 12.6. The topological polar surface area (TPSA) is 75.7 Å². The molecule has 6 nitrogen and oxygen atoms in total. The Morgan fingerprint density at radius 2 is 1.96 bits per heavy atom. The van der Waals surface area contributed by atoms with Crippen molar-refractivity contribution in [2.24, 2.45) is 0 Å². The molecule has 0 aromatic heterocycles. The molecule has 23 heavy (non-hydrogen) atoms. The third-order valence-corrected chi connectivity index (χ3v) is 5.64. The van der Waals surface area contributed by atoms with E-state index >= 15 is 0 Å². The van der Waals surface area contributed by atoms with Gasteiger partial charge in [-0.1, -0.05) is 13.8 Å². The van der Waals surface area contributed by atoms with Crippen LogP contribution >= 0.6 is 11.6 Å². The average molecular weight is 363 g/mol. The molecule has 0 aliphatic carbocycles. The monoisotopic (exact) mass is 362 g/mol. The van der Waals surface area contributed by atoms with Gasteiger partial charge in [-0.15, -0.1) is 11.6 Å². The second kappa shape index (κ2) is 9.10. The van der Waals surface area contributed by atoms with Crippen molar-refractivity contribution in [1.29, 1.82) is 0 Å². The zero-order chi connectivity index (χ0) is 17.5. The van der Waals surface area contributed by atoms with Gasteiger partial charge in [0.2, 0.25) is 15.9 Å². The van der Waals surface area contributed by atoms with Gasteiger partial charge in [0, 0.05) is 25.4 Å². The van der Waals surface area contributed by atoms with E-state index in [2.05, 4.69) is 5.32 Å². The Kier molecular flexibility index (Phi) is 7.81. The fraction of sp³-hybridized carbons (Fsp3) is 0.533. The molecule has 0 heterocycles. The van der Waals surface area contributed by atoms with E-state index < -0.39 is 10.0 Å². The maximum Gasteiger partial charge on any atom is 0.243 e. The molecule has 8 heteroatoms. The summed E-state index contributed by atoms with van der Waals surface area (Å²) in [5.74, 6) is 0.560. The molecule has 1 rings (SSSR count). The van der Waals surface area contributed by atoms with Crippen LogP contribution in [-0.2, 0) is 14.8 Å². The number of rotatable bonds is 9. The van der Waals surface area contributed by atoms with Gasteiger partial charge < -0.3 is 10.1 Å². The Morgan fingerprint density at radius 3 is 2.48 bits per heavy atom. The molecular weight excluding hydrogens is 340 g/mol. The Bertz CT molecular complexity index is 630. The molecule has 0 bridgehead atoms. The third-order valence-electron chi connectivity index (χ3n) is 3.33. The summed E-state index contributed by atoms with van der Waals surface area (Å²) in [5.41, 5.74) is 0.334. The molecular formula is C15H23ClN2O4S. The number of hydrogen-bond donors (Lipinski definition) is 1. The number of carbonyl (C=O) groups is 1. The molecule has 0 atom stereocenters. The molecule has 0 radical (unpaired) electrons. The first-order valence-corrected chi connectivity index (χ1v) is 9.42. The fourth-order valence-corrected chi connectivity index (χ4v) is 3.72. The van der Waals surface area contributed by atoms with E-state index in [4.69, 9.17) is 16.3 Å². The number of anilines is 1. The van der Waals surface area contributed by atoms with E-state index in [0.717, 1.165) is 0 Å². The maximum absolute atomic E-state index is 12.6. The number of amides is 1. The molecule has 0 unspecified atom stereocenters. The second-order valence-corrected chi connectivity index (χ2v) is 7.11. The first-order chi connectivity index (χ1) is 10.9. The Labute approximate surface area is 142 Å².